The summed E-state index contributed by atoms with van der Waals surface area (Å²) in [5.41, 5.74) is -0.0387. The van der Waals surface area contributed by atoms with Crippen molar-refractivity contribution in [3.8, 4) is 0 Å². The number of nitrogens with zero attached hydrogens (tertiary/aromatic N) is 1. The smallest absolute Gasteiger partial charge is 0.374 e. The first-order valence-electron chi connectivity index (χ1n) is 5.76. The molecule has 0 aromatic carbocycles. The number of carbonyl (C=O) groups excluding carboxylic acids is 1. The number of rotatable bonds is 4. The lowest BCUT2D eigenvalue weighted by molar-refractivity contribution is 0.0168. The van der Waals surface area contributed by atoms with Crippen LogP contribution in [0.15, 0.2) is 10.6 Å². The van der Waals surface area contributed by atoms with E-state index in [2.05, 4.69) is 15.0 Å². The fourth-order valence-corrected chi connectivity index (χ4v) is 1.75. The molecular weight excluding hydrogens is 240 g/mol. The highest BCUT2D eigenvalue weighted by atomic mass is 16.5. The molecule has 1 aliphatic rings. The predicted molar refractivity (Wildman–Crippen MR) is 59.4 cm³/mol. The molecule has 1 atom stereocenters. The molecule has 18 heavy (non-hydrogen) atoms. The number of carbonyl (C=O) groups is 2. The third-order valence-corrected chi connectivity index (χ3v) is 2.72. The van der Waals surface area contributed by atoms with Crippen molar-refractivity contribution in [2.75, 3.05) is 13.2 Å². The zero-order chi connectivity index (χ0) is 13.0. The van der Waals surface area contributed by atoms with Gasteiger partial charge in [-0.2, -0.15) is 0 Å². The summed E-state index contributed by atoms with van der Waals surface area (Å²) in [4.78, 5) is 22.2. The van der Waals surface area contributed by atoms with E-state index >= 15 is 0 Å². The van der Waals surface area contributed by atoms with Crippen LogP contribution in [0.5, 0.6) is 0 Å². The van der Waals surface area contributed by atoms with E-state index in [0.717, 1.165) is 25.3 Å². The van der Waals surface area contributed by atoms with Crippen LogP contribution in [0.1, 0.15) is 40.3 Å². The Morgan fingerprint density at radius 2 is 2.33 bits per heavy atom. The minimum Gasteiger partial charge on any atom is -0.475 e. The molecule has 1 unspecified atom stereocenters. The Morgan fingerprint density at radius 3 is 2.94 bits per heavy atom. The highest BCUT2D eigenvalue weighted by Gasteiger charge is 2.19. The van der Waals surface area contributed by atoms with Crippen LogP contribution in [0.3, 0.4) is 0 Å². The third kappa shape index (κ3) is 3.07. The topological polar surface area (TPSA) is 102 Å². The Kier molecular flexibility index (Phi) is 3.93. The number of aromatic carboxylic acids is 1. The van der Waals surface area contributed by atoms with E-state index in [1.165, 1.54) is 0 Å². The van der Waals surface area contributed by atoms with Crippen molar-refractivity contribution >= 4 is 11.9 Å². The Balaban J connectivity index is 1.84. The summed E-state index contributed by atoms with van der Waals surface area (Å²) < 4.78 is 9.95. The molecule has 0 saturated carbocycles. The highest BCUT2D eigenvalue weighted by Crippen LogP contribution is 2.12. The van der Waals surface area contributed by atoms with E-state index in [-0.39, 0.29) is 17.6 Å². The van der Waals surface area contributed by atoms with Crippen molar-refractivity contribution in [1.29, 1.82) is 0 Å². The number of carboxylic acid groups (broad SMARTS) is 1. The van der Waals surface area contributed by atoms with Gasteiger partial charge in [0.1, 0.15) is 0 Å². The first-order valence-corrected chi connectivity index (χ1v) is 5.76. The molecule has 0 aliphatic carbocycles. The fraction of sp³-hybridized carbons (Fsp3) is 0.545. The number of hydrogen-bond donors (Lipinski definition) is 2. The summed E-state index contributed by atoms with van der Waals surface area (Å²) in [5, 5.41) is 14.7. The van der Waals surface area contributed by atoms with Crippen molar-refractivity contribution in [3.63, 3.8) is 0 Å². The van der Waals surface area contributed by atoms with Crippen molar-refractivity contribution in [3.05, 3.63) is 17.5 Å². The molecule has 1 fully saturated rings. The lowest BCUT2D eigenvalue weighted by Gasteiger charge is -2.22. The second-order valence-corrected chi connectivity index (χ2v) is 4.08. The summed E-state index contributed by atoms with van der Waals surface area (Å²) >= 11 is 0. The van der Waals surface area contributed by atoms with Crippen LogP contribution in [-0.4, -0.2) is 41.4 Å². The zero-order valence-electron chi connectivity index (χ0n) is 9.72. The van der Waals surface area contributed by atoms with E-state index in [0.29, 0.717) is 13.2 Å². The van der Waals surface area contributed by atoms with Gasteiger partial charge in [-0.15, -0.1) is 0 Å². The molecule has 1 amide bonds. The van der Waals surface area contributed by atoms with E-state index in [4.69, 9.17) is 9.84 Å². The average Bonchev–Trinajstić information content (AvgIpc) is 2.87. The molecule has 1 aromatic heterocycles. The zero-order valence-corrected chi connectivity index (χ0v) is 9.72. The van der Waals surface area contributed by atoms with Crippen LogP contribution < -0.4 is 5.32 Å². The molecule has 1 aliphatic heterocycles. The molecule has 2 heterocycles. The average molecular weight is 254 g/mol. The van der Waals surface area contributed by atoms with Crippen LogP contribution in [0.2, 0.25) is 0 Å². The summed E-state index contributed by atoms with van der Waals surface area (Å²) in [7, 11) is 0. The van der Waals surface area contributed by atoms with Gasteiger partial charge in [-0.1, -0.05) is 5.16 Å². The van der Waals surface area contributed by atoms with Crippen LogP contribution >= 0.6 is 0 Å². The first-order chi connectivity index (χ1) is 8.66. The van der Waals surface area contributed by atoms with Gasteiger partial charge in [0.25, 0.3) is 5.91 Å². The molecule has 2 N–H and O–H groups in total. The van der Waals surface area contributed by atoms with Crippen molar-refractivity contribution in [2.24, 2.45) is 0 Å². The van der Waals surface area contributed by atoms with Gasteiger partial charge in [-0.3, -0.25) is 4.79 Å². The molecule has 1 aromatic rings. The molecule has 1 saturated heterocycles. The molecule has 0 radical (unpaired) electrons. The molecule has 98 valence electrons. The van der Waals surface area contributed by atoms with E-state index in [1.54, 1.807) is 0 Å². The maximum atomic E-state index is 11.6. The molecule has 0 bridgehead atoms. The minimum atomic E-state index is -1.25. The summed E-state index contributed by atoms with van der Waals surface area (Å²) in [6.45, 7) is 1.11. The maximum Gasteiger partial charge on any atom is 0.374 e. The van der Waals surface area contributed by atoms with Gasteiger partial charge < -0.3 is 19.7 Å². The Morgan fingerprint density at radius 1 is 1.50 bits per heavy atom. The SMILES string of the molecule is O=C(NCC1CCCCO1)c1cc(C(=O)O)on1. The second kappa shape index (κ2) is 5.63. The van der Waals surface area contributed by atoms with Gasteiger partial charge in [0.15, 0.2) is 5.69 Å². The standard InChI is InChI=1S/C11H14N2O5/c14-10(8-5-9(11(15)16)18-13-8)12-6-7-3-1-2-4-17-7/h5,7H,1-4,6H2,(H,12,14)(H,15,16). The highest BCUT2D eigenvalue weighted by molar-refractivity contribution is 5.94. The van der Waals surface area contributed by atoms with Gasteiger partial charge in [-0.25, -0.2) is 4.79 Å². The molecule has 7 nitrogen and oxygen atoms in total. The third-order valence-electron chi connectivity index (χ3n) is 2.72. The van der Waals surface area contributed by atoms with Crippen molar-refractivity contribution < 1.29 is 24.0 Å². The van der Waals surface area contributed by atoms with Crippen molar-refractivity contribution in [2.45, 2.75) is 25.4 Å². The summed E-state index contributed by atoms with van der Waals surface area (Å²) in [5.74, 6) is -2.06. The number of amides is 1. The van der Waals surface area contributed by atoms with Crippen molar-refractivity contribution in [1.82, 2.24) is 10.5 Å². The predicted octanol–water partition coefficient (Wildman–Crippen LogP) is 0.672. The molecular formula is C11H14N2O5. The van der Waals surface area contributed by atoms with Crippen LogP contribution in [-0.2, 0) is 4.74 Å². The second-order valence-electron chi connectivity index (χ2n) is 4.08. The summed E-state index contributed by atoms with van der Waals surface area (Å²) in [6.07, 6.45) is 3.08. The Bertz CT molecular complexity index is 436. The van der Waals surface area contributed by atoms with E-state index < -0.39 is 11.9 Å². The van der Waals surface area contributed by atoms with Gasteiger partial charge >= 0.3 is 5.97 Å². The van der Waals surface area contributed by atoms with Crippen LogP contribution in [0, 0.1) is 0 Å². The normalized spacial score (nSPS) is 19.4. The Hall–Kier alpha value is -1.89. The van der Waals surface area contributed by atoms with Gasteiger partial charge in [0, 0.05) is 19.2 Å². The first kappa shape index (κ1) is 12.6. The maximum absolute atomic E-state index is 11.6. The lowest BCUT2D eigenvalue weighted by Crippen LogP contribution is -2.35. The van der Waals surface area contributed by atoms with Gasteiger partial charge in [-0.05, 0) is 19.3 Å². The van der Waals surface area contributed by atoms with E-state index in [9.17, 15) is 9.59 Å². The number of aromatic nitrogens is 1. The molecule has 2 rings (SSSR count). The fourth-order valence-electron chi connectivity index (χ4n) is 1.75. The minimum absolute atomic E-state index is 0.0218. The van der Waals surface area contributed by atoms with Gasteiger partial charge in [0.2, 0.25) is 5.76 Å². The quantitative estimate of drug-likeness (QED) is 0.818. The van der Waals surface area contributed by atoms with Crippen LogP contribution in [0.25, 0.3) is 0 Å². The van der Waals surface area contributed by atoms with Crippen LogP contribution in [0.4, 0.5) is 0 Å². The lowest BCUT2D eigenvalue weighted by atomic mass is 10.1. The largest absolute Gasteiger partial charge is 0.475 e. The summed E-state index contributed by atoms with van der Waals surface area (Å²) in [6, 6.07) is 1.10. The number of nitrogens with one attached hydrogen (secondary N) is 1. The molecule has 7 heteroatoms. The number of hydrogen-bond acceptors (Lipinski definition) is 5. The number of ether oxygens (including phenoxy) is 1. The molecule has 0 spiro atoms. The van der Waals surface area contributed by atoms with E-state index in [1.807, 2.05) is 0 Å². The Labute approximate surface area is 103 Å². The number of carboxylic acids is 1. The monoisotopic (exact) mass is 254 g/mol. The van der Waals surface area contributed by atoms with Gasteiger partial charge in [0.05, 0.1) is 6.10 Å².